The molecule has 25 heavy (non-hydrogen) atoms. The average Bonchev–Trinajstić information content (AvgIpc) is 2.98. The highest BCUT2D eigenvalue weighted by atomic mass is 35.5. The first-order valence-electron chi connectivity index (χ1n) is 8.38. The summed E-state index contributed by atoms with van der Waals surface area (Å²) in [5, 5.41) is 4.89. The summed E-state index contributed by atoms with van der Waals surface area (Å²) >= 11 is 5.98. The molecule has 1 aromatic heterocycles. The van der Waals surface area contributed by atoms with Crippen LogP contribution < -0.4 is 10.1 Å². The Bertz CT molecular complexity index is 948. The van der Waals surface area contributed by atoms with Crippen LogP contribution in [0, 0.1) is 0 Å². The van der Waals surface area contributed by atoms with Crippen molar-refractivity contribution in [3.05, 3.63) is 64.3 Å². The van der Waals surface area contributed by atoms with Gasteiger partial charge in [-0.1, -0.05) is 17.7 Å². The molecular formula is C20H19ClN2O2. The number of carbonyl (C=O) groups is 1. The number of halogens is 1. The lowest BCUT2D eigenvalue weighted by molar-refractivity contribution is 0.0933. The minimum atomic E-state index is -0.0756. The van der Waals surface area contributed by atoms with Crippen molar-refractivity contribution >= 4 is 28.4 Å². The Morgan fingerprint density at radius 2 is 2.16 bits per heavy atom. The quantitative estimate of drug-likeness (QED) is 0.743. The van der Waals surface area contributed by atoms with Crippen molar-refractivity contribution in [1.29, 1.82) is 0 Å². The van der Waals surface area contributed by atoms with Crippen molar-refractivity contribution in [2.24, 2.45) is 0 Å². The normalized spacial score (nSPS) is 16.5. The molecule has 1 unspecified atom stereocenters. The standard InChI is InChI=1S/C20H19ClN2O2/c1-25-15-6-8-19-17(11-15)16-10-14(5-7-18(16)23-19)22-20(24)12-3-2-4-13(21)9-12/h2-4,6,8-9,11,14,23H,5,7,10H2,1H3,(H,22,24). The van der Waals surface area contributed by atoms with E-state index in [1.54, 1.807) is 31.4 Å². The highest BCUT2D eigenvalue weighted by Crippen LogP contribution is 2.31. The number of benzene rings is 2. The van der Waals surface area contributed by atoms with Gasteiger partial charge in [-0.05, 0) is 61.2 Å². The first-order valence-corrected chi connectivity index (χ1v) is 8.76. The molecule has 4 rings (SSSR count). The van der Waals surface area contributed by atoms with E-state index >= 15 is 0 Å². The van der Waals surface area contributed by atoms with Crippen molar-refractivity contribution in [3.8, 4) is 5.75 Å². The van der Waals surface area contributed by atoms with E-state index in [1.165, 1.54) is 16.6 Å². The Balaban J connectivity index is 1.57. The fourth-order valence-corrected chi connectivity index (χ4v) is 3.74. The topological polar surface area (TPSA) is 54.1 Å². The highest BCUT2D eigenvalue weighted by Gasteiger charge is 2.24. The minimum absolute atomic E-state index is 0.0756. The van der Waals surface area contributed by atoms with Crippen molar-refractivity contribution in [2.45, 2.75) is 25.3 Å². The van der Waals surface area contributed by atoms with E-state index in [-0.39, 0.29) is 11.9 Å². The molecule has 0 bridgehead atoms. The van der Waals surface area contributed by atoms with Gasteiger partial charge in [-0.15, -0.1) is 0 Å². The SMILES string of the molecule is COc1ccc2[nH]c3c(c2c1)CC(NC(=O)c1cccc(Cl)c1)CC3. The highest BCUT2D eigenvalue weighted by molar-refractivity contribution is 6.30. The van der Waals surface area contributed by atoms with Gasteiger partial charge >= 0.3 is 0 Å². The number of amides is 1. The summed E-state index contributed by atoms with van der Waals surface area (Å²) in [7, 11) is 1.67. The van der Waals surface area contributed by atoms with Crippen molar-refractivity contribution in [1.82, 2.24) is 10.3 Å². The van der Waals surface area contributed by atoms with Crippen LogP contribution in [0.4, 0.5) is 0 Å². The van der Waals surface area contributed by atoms with E-state index in [0.717, 1.165) is 30.5 Å². The third kappa shape index (κ3) is 3.10. The molecule has 0 aliphatic heterocycles. The molecule has 1 amide bonds. The number of hydrogen-bond acceptors (Lipinski definition) is 2. The monoisotopic (exact) mass is 354 g/mol. The van der Waals surface area contributed by atoms with Crippen LogP contribution in [-0.4, -0.2) is 24.0 Å². The minimum Gasteiger partial charge on any atom is -0.497 e. The molecule has 1 heterocycles. The number of nitrogens with one attached hydrogen (secondary N) is 2. The molecular weight excluding hydrogens is 336 g/mol. The first-order chi connectivity index (χ1) is 12.1. The molecule has 5 heteroatoms. The summed E-state index contributed by atoms with van der Waals surface area (Å²) in [6.45, 7) is 0. The summed E-state index contributed by atoms with van der Waals surface area (Å²) < 4.78 is 5.35. The number of hydrogen-bond donors (Lipinski definition) is 2. The second-order valence-electron chi connectivity index (χ2n) is 6.42. The van der Waals surface area contributed by atoms with Crippen molar-refractivity contribution < 1.29 is 9.53 Å². The van der Waals surface area contributed by atoms with Gasteiger partial charge in [0.15, 0.2) is 0 Å². The van der Waals surface area contributed by atoms with Gasteiger partial charge in [0.05, 0.1) is 7.11 Å². The number of H-pyrrole nitrogens is 1. The molecule has 1 aliphatic carbocycles. The maximum absolute atomic E-state index is 12.5. The number of rotatable bonds is 3. The Morgan fingerprint density at radius 3 is 2.96 bits per heavy atom. The van der Waals surface area contributed by atoms with E-state index in [2.05, 4.69) is 16.4 Å². The fraction of sp³-hybridized carbons (Fsp3) is 0.250. The maximum Gasteiger partial charge on any atom is 0.251 e. The van der Waals surface area contributed by atoms with Crippen LogP contribution in [0.3, 0.4) is 0 Å². The van der Waals surface area contributed by atoms with E-state index < -0.39 is 0 Å². The Kier molecular flexibility index (Phi) is 4.14. The molecule has 128 valence electrons. The average molecular weight is 355 g/mol. The van der Waals surface area contributed by atoms with Gasteiger partial charge in [-0.25, -0.2) is 0 Å². The van der Waals surface area contributed by atoms with E-state index in [9.17, 15) is 4.79 Å². The van der Waals surface area contributed by atoms with Crippen LogP contribution in [0.2, 0.25) is 5.02 Å². The van der Waals surface area contributed by atoms with Gasteiger partial charge in [0, 0.05) is 33.2 Å². The molecule has 0 spiro atoms. The molecule has 0 saturated heterocycles. The van der Waals surface area contributed by atoms with Crippen LogP contribution in [-0.2, 0) is 12.8 Å². The summed E-state index contributed by atoms with van der Waals surface area (Å²) in [5.74, 6) is 0.771. The number of methoxy groups -OCH3 is 1. The van der Waals surface area contributed by atoms with Crippen molar-refractivity contribution in [3.63, 3.8) is 0 Å². The molecule has 1 aliphatic rings. The number of aromatic amines is 1. The largest absolute Gasteiger partial charge is 0.497 e. The summed E-state index contributed by atoms with van der Waals surface area (Å²) in [6.07, 6.45) is 2.66. The molecule has 0 saturated carbocycles. The molecule has 0 radical (unpaired) electrons. The third-order valence-electron chi connectivity index (χ3n) is 4.82. The van der Waals surface area contributed by atoms with E-state index in [4.69, 9.17) is 16.3 Å². The van der Waals surface area contributed by atoms with Crippen LogP contribution in [0.1, 0.15) is 28.0 Å². The Morgan fingerprint density at radius 1 is 1.28 bits per heavy atom. The predicted molar refractivity (Wildman–Crippen MR) is 99.6 cm³/mol. The van der Waals surface area contributed by atoms with Gasteiger partial charge in [0.2, 0.25) is 0 Å². The summed E-state index contributed by atoms with van der Waals surface area (Å²) in [4.78, 5) is 16.0. The third-order valence-corrected chi connectivity index (χ3v) is 5.05. The molecule has 1 atom stereocenters. The summed E-state index contributed by atoms with van der Waals surface area (Å²) in [5.41, 5.74) is 4.25. The van der Waals surface area contributed by atoms with Crippen LogP contribution in [0.25, 0.3) is 10.9 Å². The van der Waals surface area contributed by atoms with Crippen LogP contribution in [0.15, 0.2) is 42.5 Å². The lowest BCUT2D eigenvalue weighted by Gasteiger charge is -2.23. The second-order valence-corrected chi connectivity index (χ2v) is 6.85. The maximum atomic E-state index is 12.5. The zero-order chi connectivity index (χ0) is 17.4. The lowest BCUT2D eigenvalue weighted by Crippen LogP contribution is -2.38. The lowest BCUT2D eigenvalue weighted by atomic mass is 9.91. The van der Waals surface area contributed by atoms with Gasteiger partial charge in [-0.3, -0.25) is 4.79 Å². The van der Waals surface area contributed by atoms with E-state index in [0.29, 0.717) is 10.6 Å². The first kappa shape index (κ1) is 16.0. The Hall–Kier alpha value is -2.46. The smallest absolute Gasteiger partial charge is 0.251 e. The molecule has 0 fully saturated rings. The summed E-state index contributed by atoms with van der Waals surface area (Å²) in [6, 6.07) is 13.2. The predicted octanol–water partition coefficient (Wildman–Crippen LogP) is 4.12. The van der Waals surface area contributed by atoms with Crippen LogP contribution >= 0.6 is 11.6 Å². The number of aromatic nitrogens is 1. The zero-order valence-corrected chi connectivity index (χ0v) is 14.7. The van der Waals surface area contributed by atoms with E-state index in [1.807, 2.05) is 12.1 Å². The fourth-order valence-electron chi connectivity index (χ4n) is 3.54. The zero-order valence-electron chi connectivity index (χ0n) is 13.9. The van der Waals surface area contributed by atoms with Gasteiger partial charge in [0.25, 0.3) is 5.91 Å². The number of carbonyl (C=O) groups excluding carboxylic acids is 1. The van der Waals surface area contributed by atoms with Gasteiger partial charge in [0.1, 0.15) is 5.75 Å². The number of aryl methyl sites for hydroxylation is 1. The number of fused-ring (bicyclic) bond motifs is 3. The van der Waals surface area contributed by atoms with Crippen LogP contribution in [0.5, 0.6) is 5.75 Å². The molecule has 2 N–H and O–H groups in total. The number of ether oxygens (including phenoxy) is 1. The van der Waals surface area contributed by atoms with Crippen molar-refractivity contribution in [2.75, 3.05) is 7.11 Å². The molecule has 3 aromatic rings. The molecule has 4 nitrogen and oxygen atoms in total. The van der Waals surface area contributed by atoms with Gasteiger partial charge < -0.3 is 15.0 Å². The second kappa shape index (κ2) is 6.45. The Labute approximate surface area is 151 Å². The van der Waals surface area contributed by atoms with Gasteiger partial charge in [-0.2, -0.15) is 0 Å². The molecule has 2 aromatic carbocycles.